The zero-order valence-corrected chi connectivity index (χ0v) is 9.87. The lowest BCUT2D eigenvalue weighted by Crippen LogP contribution is -2.00. The van der Waals surface area contributed by atoms with E-state index in [1.54, 1.807) is 0 Å². The van der Waals surface area contributed by atoms with Crippen LogP contribution in [0.15, 0.2) is 21.9 Å². The van der Waals surface area contributed by atoms with Gasteiger partial charge in [-0.2, -0.15) is 0 Å². The van der Waals surface area contributed by atoms with Crippen LogP contribution >= 0.6 is 11.6 Å². The van der Waals surface area contributed by atoms with E-state index in [1.165, 1.54) is 0 Å². The SMILES string of the molecule is CS(=O)(=O)c1cc(F)c([SH](=O)=O)c(Cl)c1. The molecule has 0 N–H and O–H groups in total. The third kappa shape index (κ3) is 2.67. The molecule has 0 fully saturated rings. The first-order valence-electron chi connectivity index (χ1n) is 3.57. The van der Waals surface area contributed by atoms with Crippen LogP contribution in [0.1, 0.15) is 0 Å². The van der Waals surface area contributed by atoms with Crippen molar-refractivity contribution in [2.24, 2.45) is 0 Å². The molecule has 1 aromatic carbocycles. The van der Waals surface area contributed by atoms with Crippen molar-refractivity contribution in [3.63, 3.8) is 0 Å². The van der Waals surface area contributed by atoms with Gasteiger partial charge in [-0.3, -0.25) is 0 Å². The van der Waals surface area contributed by atoms with Crippen LogP contribution in [0.4, 0.5) is 4.39 Å². The van der Waals surface area contributed by atoms with Crippen molar-refractivity contribution in [1.29, 1.82) is 0 Å². The Balaban J connectivity index is 3.59. The summed E-state index contributed by atoms with van der Waals surface area (Å²) in [6.45, 7) is 0. The minimum absolute atomic E-state index is 0.356. The van der Waals surface area contributed by atoms with E-state index < -0.39 is 36.3 Å². The van der Waals surface area contributed by atoms with Gasteiger partial charge in [0.05, 0.1) is 9.92 Å². The maximum Gasteiger partial charge on any atom is 0.175 e. The lowest BCUT2D eigenvalue weighted by atomic mass is 10.3. The Morgan fingerprint density at radius 1 is 1.33 bits per heavy atom. The quantitative estimate of drug-likeness (QED) is 0.811. The molecule has 84 valence electrons. The third-order valence-corrected chi connectivity index (χ3v) is 3.94. The van der Waals surface area contributed by atoms with Crippen LogP contribution in [-0.4, -0.2) is 23.1 Å². The van der Waals surface area contributed by atoms with Crippen LogP contribution in [0.25, 0.3) is 0 Å². The van der Waals surface area contributed by atoms with E-state index in [9.17, 15) is 21.2 Å². The molecule has 1 aromatic rings. The lowest BCUT2D eigenvalue weighted by Gasteiger charge is -2.02. The van der Waals surface area contributed by atoms with Gasteiger partial charge in [0.15, 0.2) is 20.5 Å². The second-order valence-corrected chi connectivity index (χ2v) is 6.15. The molecule has 0 saturated carbocycles. The molecule has 0 aliphatic rings. The molecule has 0 atom stereocenters. The molecule has 0 aliphatic carbocycles. The van der Waals surface area contributed by atoms with Gasteiger partial charge in [-0.25, -0.2) is 21.2 Å². The highest BCUT2D eigenvalue weighted by Gasteiger charge is 2.16. The molecule has 8 heteroatoms. The summed E-state index contributed by atoms with van der Waals surface area (Å²) in [5, 5.41) is -0.438. The summed E-state index contributed by atoms with van der Waals surface area (Å²) in [7, 11) is -6.80. The molecule has 0 aromatic heterocycles. The van der Waals surface area contributed by atoms with E-state index >= 15 is 0 Å². The van der Waals surface area contributed by atoms with Crippen LogP contribution in [0, 0.1) is 5.82 Å². The first-order chi connectivity index (χ1) is 6.73. The average molecular weight is 273 g/mol. The monoisotopic (exact) mass is 272 g/mol. The Kier molecular flexibility index (Phi) is 3.37. The Morgan fingerprint density at radius 3 is 2.20 bits per heavy atom. The standard InChI is InChI=1S/C7H6ClFO4S2/c1-15(12,13)4-2-5(8)7(14(10)11)6(9)3-4/h2-3,14H,1H3. The van der Waals surface area contributed by atoms with Crippen molar-refractivity contribution in [1.82, 2.24) is 0 Å². The van der Waals surface area contributed by atoms with Crippen LogP contribution in [0.5, 0.6) is 0 Å². The van der Waals surface area contributed by atoms with Gasteiger partial charge in [-0.05, 0) is 12.1 Å². The zero-order chi connectivity index (χ0) is 11.8. The summed E-state index contributed by atoms with van der Waals surface area (Å²) in [6, 6.07) is 1.53. The minimum Gasteiger partial charge on any atom is -0.227 e. The molecule has 0 heterocycles. The van der Waals surface area contributed by atoms with E-state index in [4.69, 9.17) is 11.6 Å². The Morgan fingerprint density at radius 2 is 1.87 bits per heavy atom. The zero-order valence-electron chi connectivity index (χ0n) is 7.40. The van der Waals surface area contributed by atoms with Crippen molar-refractivity contribution < 1.29 is 21.2 Å². The number of benzene rings is 1. The molecule has 15 heavy (non-hydrogen) atoms. The fourth-order valence-electron chi connectivity index (χ4n) is 0.931. The van der Waals surface area contributed by atoms with Gasteiger partial charge in [0.1, 0.15) is 10.7 Å². The van der Waals surface area contributed by atoms with Crippen LogP contribution in [0.3, 0.4) is 0 Å². The largest absolute Gasteiger partial charge is 0.227 e. The Hall–Kier alpha value is -0.660. The number of rotatable bonds is 2. The first kappa shape index (κ1) is 12.4. The maximum absolute atomic E-state index is 13.2. The number of hydrogen-bond acceptors (Lipinski definition) is 4. The van der Waals surface area contributed by atoms with E-state index in [2.05, 4.69) is 0 Å². The van der Waals surface area contributed by atoms with Gasteiger partial charge >= 0.3 is 0 Å². The fraction of sp³-hybridized carbons (Fsp3) is 0.143. The van der Waals surface area contributed by atoms with Crippen LogP contribution in [0.2, 0.25) is 5.02 Å². The molecule has 0 amide bonds. The van der Waals surface area contributed by atoms with E-state index in [1.807, 2.05) is 0 Å². The fourth-order valence-corrected chi connectivity index (χ4v) is 2.54. The van der Waals surface area contributed by atoms with Crippen molar-refractivity contribution >= 4 is 32.1 Å². The summed E-state index contributed by atoms with van der Waals surface area (Å²) in [5.41, 5.74) is 0. The van der Waals surface area contributed by atoms with E-state index in [-0.39, 0.29) is 4.90 Å². The smallest absolute Gasteiger partial charge is 0.175 e. The Labute approximate surface area is 92.5 Å². The van der Waals surface area contributed by atoms with Gasteiger partial charge in [-0.15, -0.1) is 0 Å². The molecule has 0 bridgehead atoms. The van der Waals surface area contributed by atoms with Crippen molar-refractivity contribution in [3.8, 4) is 0 Å². The molecule has 0 radical (unpaired) electrons. The van der Waals surface area contributed by atoms with Gasteiger partial charge in [-0.1, -0.05) is 11.6 Å². The van der Waals surface area contributed by atoms with Gasteiger partial charge < -0.3 is 0 Å². The normalized spacial score (nSPS) is 12.0. The molecular formula is C7H6ClFO4S2. The summed E-state index contributed by atoms with van der Waals surface area (Å²) in [4.78, 5) is -1.05. The molecule has 0 saturated heterocycles. The minimum atomic E-state index is -3.61. The number of thiol groups is 1. The second kappa shape index (κ2) is 4.07. The van der Waals surface area contributed by atoms with Crippen LogP contribution in [-0.2, 0) is 20.5 Å². The average Bonchev–Trinajstić information content (AvgIpc) is 1.99. The number of sulfone groups is 1. The highest BCUT2D eigenvalue weighted by atomic mass is 35.5. The van der Waals surface area contributed by atoms with Gasteiger partial charge in [0.25, 0.3) is 0 Å². The molecular weight excluding hydrogens is 267 g/mol. The van der Waals surface area contributed by atoms with Gasteiger partial charge in [0, 0.05) is 6.26 Å². The van der Waals surface area contributed by atoms with E-state index in [0.29, 0.717) is 6.07 Å². The van der Waals surface area contributed by atoms with Crippen molar-refractivity contribution in [2.75, 3.05) is 6.26 Å². The molecule has 4 nitrogen and oxygen atoms in total. The summed E-state index contributed by atoms with van der Waals surface area (Å²) in [5.74, 6) is -1.17. The lowest BCUT2D eigenvalue weighted by molar-refractivity contribution is 0.571. The number of halogens is 2. The predicted molar refractivity (Wildman–Crippen MR) is 53.1 cm³/mol. The molecule has 1 rings (SSSR count). The first-order valence-corrected chi connectivity index (χ1v) is 7.01. The Bertz CT molecular complexity index is 546. The molecule has 0 unspecified atom stereocenters. The highest BCUT2D eigenvalue weighted by Crippen LogP contribution is 2.25. The maximum atomic E-state index is 13.2. The third-order valence-electron chi connectivity index (χ3n) is 1.60. The van der Waals surface area contributed by atoms with Gasteiger partial charge in [0.2, 0.25) is 0 Å². The topological polar surface area (TPSA) is 68.3 Å². The highest BCUT2D eigenvalue weighted by molar-refractivity contribution is 7.90. The molecule has 0 spiro atoms. The number of hydrogen-bond donors (Lipinski definition) is 1. The molecule has 0 aliphatic heterocycles. The second-order valence-electron chi connectivity index (χ2n) is 2.76. The predicted octanol–water partition coefficient (Wildman–Crippen LogP) is 0.853. The summed E-state index contributed by atoms with van der Waals surface area (Å²) in [6.07, 6.45) is 0.870. The summed E-state index contributed by atoms with van der Waals surface area (Å²) < 4.78 is 56.4. The van der Waals surface area contributed by atoms with Crippen molar-refractivity contribution in [3.05, 3.63) is 23.0 Å². The summed E-state index contributed by atoms with van der Waals surface area (Å²) >= 11 is 5.45. The van der Waals surface area contributed by atoms with Crippen molar-refractivity contribution in [2.45, 2.75) is 9.79 Å². The van der Waals surface area contributed by atoms with Crippen LogP contribution < -0.4 is 0 Å². The van der Waals surface area contributed by atoms with E-state index in [0.717, 1.165) is 12.3 Å².